The molecule has 3 heteroatoms. The summed E-state index contributed by atoms with van der Waals surface area (Å²) in [5.74, 6) is 2.38. The first kappa shape index (κ1) is 15.7. The van der Waals surface area contributed by atoms with E-state index in [1.165, 1.54) is 6.29 Å². The molecule has 2 aliphatic rings. The Labute approximate surface area is 123 Å². The van der Waals surface area contributed by atoms with E-state index >= 15 is 0 Å². The van der Waals surface area contributed by atoms with Crippen LogP contribution in [0.15, 0.2) is 12.2 Å². The summed E-state index contributed by atoms with van der Waals surface area (Å²) >= 11 is 0. The topological polar surface area (TPSA) is 41.1 Å². The second-order valence-electron chi connectivity index (χ2n) is 6.96. The Kier molecular flexibility index (Phi) is 5.39. The van der Waals surface area contributed by atoms with Crippen molar-refractivity contribution in [1.29, 1.82) is 0 Å². The van der Waals surface area contributed by atoms with Gasteiger partial charge in [0.15, 0.2) is 0 Å². The number of carbonyl (C=O) groups excluding carboxylic acids is 1. The second-order valence-corrected chi connectivity index (χ2v) is 6.96. The van der Waals surface area contributed by atoms with Crippen molar-refractivity contribution < 1.29 is 4.79 Å². The van der Waals surface area contributed by atoms with Gasteiger partial charge in [0.1, 0.15) is 6.29 Å². The van der Waals surface area contributed by atoms with E-state index in [0.717, 1.165) is 19.4 Å². The van der Waals surface area contributed by atoms with Gasteiger partial charge < -0.3 is 10.1 Å². The molecule has 1 aliphatic heterocycles. The number of hydrogen-bond acceptors (Lipinski definition) is 3. The van der Waals surface area contributed by atoms with E-state index in [1.807, 2.05) is 0 Å². The van der Waals surface area contributed by atoms with Crippen molar-refractivity contribution in [3.8, 4) is 0 Å². The molecule has 0 aromatic heterocycles. The van der Waals surface area contributed by atoms with Crippen molar-refractivity contribution >= 4 is 6.29 Å². The van der Waals surface area contributed by atoms with Crippen molar-refractivity contribution in [1.82, 2.24) is 10.6 Å². The first-order valence-electron chi connectivity index (χ1n) is 8.14. The van der Waals surface area contributed by atoms with Crippen LogP contribution in [0.3, 0.4) is 0 Å². The fourth-order valence-corrected chi connectivity index (χ4v) is 4.16. The highest BCUT2D eigenvalue weighted by Gasteiger charge is 2.35. The molecule has 0 radical (unpaired) electrons. The lowest BCUT2D eigenvalue weighted by Crippen LogP contribution is -2.56. The van der Waals surface area contributed by atoms with Gasteiger partial charge in [0, 0.05) is 18.5 Å². The van der Waals surface area contributed by atoms with E-state index in [-0.39, 0.29) is 5.92 Å². The lowest BCUT2D eigenvalue weighted by molar-refractivity contribution is -0.114. The summed E-state index contributed by atoms with van der Waals surface area (Å²) in [6.45, 7) is 9.97. The molecule has 0 saturated carbocycles. The average molecular weight is 278 g/mol. The maximum atomic E-state index is 11.7. The predicted molar refractivity (Wildman–Crippen MR) is 83.3 cm³/mol. The molecule has 20 heavy (non-hydrogen) atoms. The van der Waals surface area contributed by atoms with Gasteiger partial charge in [-0.05, 0) is 50.4 Å². The van der Waals surface area contributed by atoms with E-state index in [0.29, 0.717) is 35.9 Å². The lowest BCUT2D eigenvalue weighted by Gasteiger charge is -2.40. The molecule has 2 rings (SSSR count). The van der Waals surface area contributed by atoms with Crippen molar-refractivity contribution in [3.05, 3.63) is 12.2 Å². The van der Waals surface area contributed by atoms with Crippen molar-refractivity contribution in [2.24, 2.45) is 29.6 Å². The van der Waals surface area contributed by atoms with Crippen LogP contribution in [0.1, 0.15) is 40.5 Å². The maximum absolute atomic E-state index is 11.7. The third kappa shape index (κ3) is 3.50. The molecular formula is C17H30N2O. The highest BCUT2D eigenvalue weighted by molar-refractivity contribution is 5.54. The molecule has 1 saturated heterocycles. The molecule has 2 N–H and O–H groups in total. The van der Waals surface area contributed by atoms with Crippen molar-refractivity contribution in [3.63, 3.8) is 0 Å². The zero-order valence-corrected chi connectivity index (χ0v) is 13.3. The summed E-state index contributed by atoms with van der Waals surface area (Å²) in [7, 11) is 0. The number of hydrogen-bond donors (Lipinski definition) is 2. The smallest absolute Gasteiger partial charge is 0.123 e. The van der Waals surface area contributed by atoms with Crippen LogP contribution in [0.4, 0.5) is 0 Å². The lowest BCUT2D eigenvalue weighted by atomic mass is 9.68. The summed E-state index contributed by atoms with van der Waals surface area (Å²) in [6.07, 6.45) is 8.30. The van der Waals surface area contributed by atoms with Gasteiger partial charge in [-0.25, -0.2) is 0 Å². The van der Waals surface area contributed by atoms with E-state index in [1.54, 1.807) is 0 Å². The first-order valence-corrected chi connectivity index (χ1v) is 8.14. The van der Waals surface area contributed by atoms with E-state index < -0.39 is 0 Å². The normalized spacial score (nSPS) is 43.2. The van der Waals surface area contributed by atoms with Gasteiger partial charge in [-0.3, -0.25) is 5.32 Å². The number of nitrogens with one attached hydrogen (secondary N) is 2. The minimum Gasteiger partial charge on any atom is -0.303 e. The summed E-state index contributed by atoms with van der Waals surface area (Å²) in [5.41, 5.74) is 0. The van der Waals surface area contributed by atoms with Gasteiger partial charge in [0.05, 0.1) is 6.17 Å². The molecule has 3 nitrogen and oxygen atoms in total. The molecular weight excluding hydrogens is 248 g/mol. The Morgan fingerprint density at radius 2 is 2.05 bits per heavy atom. The van der Waals surface area contributed by atoms with Crippen LogP contribution in [0, 0.1) is 29.6 Å². The van der Waals surface area contributed by atoms with Crippen molar-refractivity contribution in [2.45, 2.75) is 52.7 Å². The van der Waals surface area contributed by atoms with Gasteiger partial charge in [0.2, 0.25) is 0 Å². The molecule has 1 aliphatic carbocycles. The van der Waals surface area contributed by atoms with Crippen LogP contribution in [-0.2, 0) is 4.79 Å². The van der Waals surface area contributed by atoms with Gasteiger partial charge in [-0.2, -0.15) is 0 Å². The predicted octanol–water partition coefficient (Wildman–Crippen LogP) is 2.58. The van der Waals surface area contributed by atoms with Crippen LogP contribution in [0.25, 0.3) is 0 Å². The summed E-state index contributed by atoms with van der Waals surface area (Å²) in [4.78, 5) is 11.7. The minimum absolute atomic E-state index is 0.189. The summed E-state index contributed by atoms with van der Waals surface area (Å²) < 4.78 is 0. The van der Waals surface area contributed by atoms with E-state index in [4.69, 9.17) is 0 Å². The maximum Gasteiger partial charge on any atom is 0.123 e. The number of aldehydes is 1. The quantitative estimate of drug-likeness (QED) is 0.613. The number of rotatable bonds is 4. The molecule has 7 unspecified atom stereocenters. The van der Waals surface area contributed by atoms with Gasteiger partial charge in [-0.1, -0.05) is 26.0 Å². The van der Waals surface area contributed by atoms with Crippen LogP contribution in [0.2, 0.25) is 0 Å². The highest BCUT2D eigenvalue weighted by Crippen LogP contribution is 2.38. The second kappa shape index (κ2) is 6.86. The molecule has 0 aromatic rings. The monoisotopic (exact) mass is 278 g/mol. The third-order valence-electron chi connectivity index (χ3n) is 5.36. The Morgan fingerprint density at radius 1 is 1.30 bits per heavy atom. The van der Waals surface area contributed by atoms with Crippen LogP contribution in [0.5, 0.6) is 0 Å². The third-order valence-corrected chi connectivity index (χ3v) is 5.36. The van der Waals surface area contributed by atoms with Gasteiger partial charge in [0.25, 0.3) is 0 Å². The zero-order valence-electron chi connectivity index (χ0n) is 13.3. The van der Waals surface area contributed by atoms with Crippen LogP contribution in [-0.4, -0.2) is 25.0 Å². The minimum atomic E-state index is 0.189. The summed E-state index contributed by atoms with van der Waals surface area (Å²) in [5, 5.41) is 7.02. The zero-order chi connectivity index (χ0) is 14.7. The Balaban J connectivity index is 2.01. The number of carbonyl (C=O) groups is 1. The SMILES string of the molecule is CC1NCC(CC(C=O)C2C(C)C=CCC2C)C(C)N1. The largest absolute Gasteiger partial charge is 0.303 e. The first-order chi connectivity index (χ1) is 9.52. The molecule has 114 valence electrons. The molecule has 1 heterocycles. The van der Waals surface area contributed by atoms with E-state index in [9.17, 15) is 4.79 Å². The van der Waals surface area contributed by atoms with Gasteiger partial charge >= 0.3 is 0 Å². The van der Waals surface area contributed by atoms with Crippen LogP contribution < -0.4 is 10.6 Å². The standard InChI is InChI=1S/C17H30N2O/c1-11-6-5-7-12(2)17(11)16(10-20)8-15-9-18-14(4)19-13(15)3/h5-6,10-19H,7-9H2,1-4H3. The van der Waals surface area contributed by atoms with Crippen molar-refractivity contribution in [2.75, 3.05) is 6.54 Å². The molecule has 1 fully saturated rings. The fourth-order valence-electron chi connectivity index (χ4n) is 4.16. The Morgan fingerprint density at radius 3 is 2.65 bits per heavy atom. The Bertz CT molecular complexity index is 355. The highest BCUT2D eigenvalue weighted by atomic mass is 16.1. The van der Waals surface area contributed by atoms with Gasteiger partial charge in [-0.15, -0.1) is 0 Å². The molecule has 0 bridgehead atoms. The average Bonchev–Trinajstić information content (AvgIpc) is 2.39. The van der Waals surface area contributed by atoms with E-state index in [2.05, 4.69) is 50.5 Å². The number of allylic oxidation sites excluding steroid dienone is 2. The van der Waals surface area contributed by atoms with Crippen LogP contribution >= 0.6 is 0 Å². The Hall–Kier alpha value is -0.670. The molecule has 0 amide bonds. The summed E-state index contributed by atoms with van der Waals surface area (Å²) in [6, 6.07) is 0.485. The molecule has 0 spiro atoms. The fraction of sp³-hybridized carbons (Fsp3) is 0.824. The molecule has 7 atom stereocenters. The molecule has 0 aromatic carbocycles.